The SMILES string of the molecule is COc1ccc(C)c(-n2c(C)ccc2C)c1P(C1CCCCC1)C1CCCCC1.COc1cccc(-n2c(-c3ccccc3)ccc2-c2ccccc2)c1P(C1CCCCC1)C1CCCCC1.COc1cccc(-n2c(C)ccc2C)c1P(C(C)(C)C)C(C)(C)C. The van der Waals surface area contributed by atoms with Crippen LogP contribution < -0.4 is 30.1 Å². The van der Waals surface area contributed by atoms with Crippen LogP contribution in [0.15, 0.2) is 146 Å². The molecule has 6 nitrogen and oxygen atoms in total. The van der Waals surface area contributed by atoms with Gasteiger partial charge in [-0.3, -0.25) is 0 Å². The molecule has 0 aliphatic heterocycles. The minimum atomic E-state index is -0.461. The van der Waals surface area contributed by atoms with Gasteiger partial charge in [0.25, 0.3) is 0 Å². The second-order valence-electron chi connectivity index (χ2n) is 28.7. The molecule has 8 aromatic rings. The average molecular weight is 1280 g/mol. The Morgan fingerprint density at radius 2 is 0.670 bits per heavy atom. The molecule has 0 amide bonds. The minimum Gasteiger partial charge on any atom is -0.496 e. The zero-order chi connectivity index (χ0) is 64.4. The lowest BCUT2D eigenvalue weighted by Crippen LogP contribution is -2.33. The Bertz CT molecular complexity index is 3450. The van der Waals surface area contributed by atoms with Gasteiger partial charge in [0.05, 0.1) is 49.8 Å². The van der Waals surface area contributed by atoms with Crippen LogP contribution in [0.25, 0.3) is 39.6 Å². The van der Waals surface area contributed by atoms with Crippen molar-refractivity contribution in [3.63, 3.8) is 0 Å². The van der Waals surface area contributed by atoms with Gasteiger partial charge in [-0.25, -0.2) is 0 Å². The molecule has 4 saturated carbocycles. The molecule has 486 valence electrons. The molecule has 0 saturated heterocycles. The van der Waals surface area contributed by atoms with E-state index < -0.39 is 7.92 Å². The highest BCUT2D eigenvalue weighted by molar-refractivity contribution is 7.69. The molecular weight excluding hydrogens is 1170 g/mol. The summed E-state index contributed by atoms with van der Waals surface area (Å²) >= 11 is 0. The Hall–Kier alpha value is -5.37. The van der Waals surface area contributed by atoms with E-state index in [0.717, 1.165) is 39.9 Å². The van der Waals surface area contributed by atoms with Gasteiger partial charge in [0.2, 0.25) is 0 Å². The Morgan fingerprint density at radius 3 is 1.04 bits per heavy atom. The van der Waals surface area contributed by atoms with Gasteiger partial charge in [-0.1, -0.05) is 221 Å². The fourth-order valence-electron chi connectivity index (χ4n) is 16.4. The van der Waals surface area contributed by atoms with Crippen molar-refractivity contribution in [3.8, 4) is 56.8 Å². The fourth-order valence-corrected chi connectivity index (χ4v) is 28.7. The second kappa shape index (κ2) is 31.2. The monoisotopic (exact) mass is 1280 g/mol. The number of aryl methyl sites for hydroxylation is 5. The standard InChI is InChI=1S/C35H40NOP.C26H38NOP.C21H32NOP/c1-37-34-24-14-23-33(35(34)38(29-19-10-4-11-20-29)30-21-12-5-13-22-30)36-31(27-15-6-2-7-16-27)25-26-32(36)28-17-8-3-9-18-28;1-19-15-18-24(28-4)26(25(19)27-20(2)16-17-21(27)3)29(22-11-7-5-8-12-22)23-13-9-6-10-14-23;1-15-13-14-16(2)22(15)17-11-10-12-18(23-9)19(17)24(20(3,4)5)21(6,7)8/h2-3,6-9,14-18,23-26,29-30H,4-5,10-13,19-22H2,1H3;15-18,22-23H,5-14H2,1-4H3;10-14H,1-9H3. The van der Waals surface area contributed by atoms with E-state index in [-0.39, 0.29) is 26.2 Å². The quantitative estimate of drug-likeness (QED) is 0.0961. The van der Waals surface area contributed by atoms with Crippen LogP contribution in [0.2, 0.25) is 0 Å². The van der Waals surface area contributed by atoms with Crippen LogP contribution in [-0.2, 0) is 0 Å². The number of hydrogen-bond donors (Lipinski definition) is 0. The predicted molar refractivity (Wildman–Crippen MR) is 398 cm³/mol. The summed E-state index contributed by atoms with van der Waals surface area (Å²) in [4.78, 5) is 0. The number of benzene rings is 5. The topological polar surface area (TPSA) is 42.5 Å². The predicted octanol–water partition coefficient (Wildman–Crippen LogP) is 22.6. The van der Waals surface area contributed by atoms with Crippen molar-refractivity contribution in [1.82, 2.24) is 13.7 Å². The number of aromatic nitrogens is 3. The van der Waals surface area contributed by atoms with Gasteiger partial charge in [0.15, 0.2) is 0 Å². The third kappa shape index (κ3) is 15.6. The molecule has 0 atom stereocenters. The van der Waals surface area contributed by atoms with Crippen molar-refractivity contribution in [2.45, 2.75) is 238 Å². The van der Waals surface area contributed by atoms with Crippen LogP contribution in [0.3, 0.4) is 0 Å². The van der Waals surface area contributed by atoms with Crippen LogP contribution in [0.5, 0.6) is 17.2 Å². The first-order valence-corrected chi connectivity index (χ1v) is 39.3. The zero-order valence-corrected chi connectivity index (χ0v) is 60.9. The van der Waals surface area contributed by atoms with Crippen molar-refractivity contribution in [1.29, 1.82) is 0 Å². The maximum atomic E-state index is 6.24. The smallest absolute Gasteiger partial charge is 0.128 e. The van der Waals surface area contributed by atoms with Crippen molar-refractivity contribution in [2.75, 3.05) is 21.3 Å². The molecular formula is C82H110N3O3P3. The van der Waals surface area contributed by atoms with Crippen LogP contribution in [-0.4, -0.2) is 68.0 Å². The van der Waals surface area contributed by atoms with Gasteiger partial charge in [0, 0.05) is 38.7 Å². The summed E-state index contributed by atoms with van der Waals surface area (Å²) < 4.78 is 25.6. The van der Waals surface area contributed by atoms with E-state index in [9.17, 15) is 0 Å². The average Bonchev–Trinajstić information content (AvgIpc) is 1.81. The minimum absolute atomic E-state index is 0.186. The largest absolute Gasteiger partial charge is 0.496 e. The molecule has 0 spiro atoms. The molecule has 0 radical (unpaired) electrons. The van der Waals surface area contributed by atoms with Gasteiger partial charge in [-0.05, 0) is 202 Å². The first-order valence-electron chi connectivity index (χ1n) is 35.0. The molecule has 0 unspecified atom stereocenters. The zero-order valence-electron chi connectivity index (χ0n) is 58.2. The van der Waals surface area contributed by atoms with E-state index >= 15 is 0 Å². The van der Waals surface area contributed by atoms with Crippen molar-refractivity contribution < 1.29 is 14.2 Å². The Kier molecular flexibility index (Phi) is 23.5. The Labute approximate surface area is 554 Å². The lowest BCUT2D eigenvalue weighted by Gasteiger charge is -2.43. The summed E-state index contributed by atoms with van der Waals surface area (Å²) in [6.07, 6.45) is 28.0. The third-order valence-corrected chi connectivity index (χ3v) is 30.9. The lowest BCUT2D eigenvalue weighted by atomic mass is 9.99. The first kappa shape index (κ1) is 68.5. The van der Waals surface area contributed by atoms with Crippen LogP contribution in [0.4, 0.5) is 0 Å². The van der Waals surface area contributed by atoms with Gasteiger partial charge in [0.1, 0.15) is 17.2 Å². The number of nitrogens with zero attached hydrogens (tertiary/aromatic N) is 3. The molecule has 5 aromatic carbocycles. The lowest BCUT2D eigenvalue weighted by molar-refractivity contribution is 0.417. The molecule has 3 heterocycles. The Morgan fingerprint density at radius 1 is 0.330 bits per heavy atom. The summed E-state index contributed by atoms with van der Waals surface area (Å²) in [5.74, 6) is 3.24. The third-order valence-electron chi connectivity index (χ3n) is 20.2. The van der Waals surface area contributed by atoms with Crippen LogP contribution >= 0.6 is 23.8 Å². The van der Waals surface area contributed by atoms with Gasteiger partial charge in [-0.2, -0.15) is 0 Å². The molecule has 4 aliphatic rings. The van der Waals surface area contributed by atoms with Crippen molar-refractivity contribution in [2.24, 2.45) is 0 Å². The normalized spacial score (nSPS) is 16.6. The summed E-state index contributed by atoms with van der Waals surface area (Å²) in [6, 6.07) is 53.1. The maximum absolute atomic E-state index is 6.24. The highest BCUT2D eigenvalue weighted by Crippen LogP contribution is 2.62. The second-order valence-corrected chi connectivity index (χ2v) is 37.9. The fraction of sp³-hybridized carbons (Fsp3) is 0.488. The molecule has 0 N–H and O–H groups in total. The van der Waals surface area contributed by atoms with Crippen molar-refractivity contribution >= 4 is 39.7 Å². The summed E-state index contributed by atoms with van der Waals surface area (Å²) in [5.41, 5.74) is 19.0. The first-order chi connectivity index (χ1) is 43.9. The van der Waals surface area contributed by atoms with Crippen LogP contribution in [0, 0.1) is 34.6 Å². The van der Waals surface area contributed by atoms with E-state index in [4.69, 9.17) is 14.2 Å². The van der Waals surface area contributed by atoms with Gasteiger partial charge >= 0.3 is 0 Å². The maximum Gasteiger partial charge on any atom is 0.128 e. The van der Waals surface area contributed by atoms with Crippen molar-refractivity contribution in [3.05, 3.63) is 174 Å². The number of rotatable bonds is 15. The summed E-state index contributed by atoms with van der Waals surface area (Å²) in [6.45, 7) is 25.3. The van der Waals surface area contributed by atoms with Gasteiger partial charge < -0.3 is 27.9 Å². The summed E-state index contributed by atoms with van der Waals surface area (Å²) in [5, 5.41) is 4.83. The van der Waals surface area contributed by atoms with Gasteiger partial charge in [-0.15, -0.1) is 0 Å². The highest BCUT2D eigenvalue weighted by Gasteiger charge is 2.41. The molecule has 3 aromatic heterocycles. The number of hydrogen-bond acceptors (Lipinski definition) is 3. The molecule has 9 heteroatoms. The number of ether oxygens (including phenoxy) is 3. The number of methoxy groups -OCH3 is 3. The highest BCUT2D eigenvalue weighted by atomic mass is 31.1. The molecule has 4 fully saturated rings. The summed E-state index contributed by atoms with van der Waals surface area (Å²) in [7, 11) is 4.50. The van der Waals surface area contributed by atoms with E-state index in [0.29, 0.717) is 0 Å². The molecule has 91 heavy (non-hydrogen) atoms. The van der Waals surface area contributed by atoms with E-state index in [1.807, 2.05) is 14.2 Å². The molecule has 4 aliphatic carbocycles. The van der Waals surface area contributed by atoms with Crippen LogP contribution in [0.1, 0.15) is 198 Å². The van der Waals surface area contributed by atoms with E-state index in [1.165, 1.54) is 207 Å². The van der Waals surface area contributed by atoms with E-state index in [1.54, 1.807) is 12.4 Å². The molecule has 12 rings (SSSR count). The molecule has 0 bridgehead atoms. The Balaban J connectivity index is 0.000000155. The van der Waals surface area contributed by atoms with E-state index in [2.05, 4.69) is 235 Å².